The molecule has 1 aliphatic heterocycles. The monoisotopic (exact) mass is 860 g/mol. The van der Waals surface area contributed by atoms with Crippen LogP contribution < -0.4 is 25.8 Å². The molecule has 1 saturated heterocycles. The van der Waals surface area contributed by atoms with Gasteiger partial charge in [-0.25, -0.2) is 14.8 Å². The van der Waals surface area contributed by atoms with Crippen molar-refractivity contribution < 1.29 is 38.5 Å². The first kappa shape index (κ1) is 43.6. The number of carbonyl (C=O) groups is 4. The topological polar surface area (TPSA) is 241 Å². The van der Waals surface area contributed by atoms with E-state index < -0.39 is 23.7 Å². The van der Waals surface area contributed by atoms with Gasteiger partial charge in [-0.3, -0.25) is 39.3 Å². The standard InChI is InChI=1S/C43H48N12O8/c1-6-54-32(20-26(3)49-54)39(57)47-42-46-31-23-29(41(59)60)25-34(61-5)36(31)52(42)13-8-9-14-53-37-30(45-43(53)48-40(58)33-21-27(4)50-55(33)7-2)22-28(38(44)56)24-35(37)63-17-11-10-12-51-15-18-62-19-16-51/h8-9,20-25H,6-7,12-19H2,1-5H3,(H2,44,56)(H,59,60)(H,45,48,58)(H,46,47,57)/b9-8+. The molecule has 2 aromatic carbocycles. The van der Waals surface area contributed by atoms with Crippen LogP contribution in [-0.4, -0.2) is 119 Å². The number of aromatic nitrogens is 8. The van der Waals surface area contributed by atoms with Gasteiger partial charge in [0.15, 0.2) is 0 Å². The lowest BCUT2D eigenvalue weighted by Gasteiger charge is -2.24. The maximum Gasteiger partial charge on any atom is 0.335 e. The number of anilines is 2. The van der Waals surface area contributed by atoms with Gasteiger partial charge in [-0.15, -0.1) is 0 Å². The van der Waals surface area contributed by atoms with Crippen molar-refractivity contribution in [1.82, 2.24) is 43.6 Å². The van der Waals surface area contributed by atoms with E-state index in [1.807, 2.05) is 26.0 Å². The number of nitrogens with one attached hydrogen (secondary N) is 2. The van der Waals surface area contributed by atoms with E-state index in [-0.39, 0.29) is 59.7 Å². The third-order valence-corrected chi connectivity index (χ3v) is 10.3. The molecule has 0 saturated carbocycles. The third-order valence-electron chi connectivity index (χ3n) is 10.3. The molecule has 0 aliphatic carbocycles. The van der Waals surface area contributed by atoms with Crippen LogP contribution in [0.15, 0.2) is 48.6 Å². The summed E-state index contributed by atoms with van der Waals surface area (Å²) in [6.07, 6.45) is 3.63. The summed E-state index contributed by atoms with van der Waals surface area (Å²) in [5, 5.41) is 24.4. The Labute approximate surface area is 361 Å². The minimum Gasteiger partial charge on any atom is -0.494 e. The number of methoxy groups -OCH3 is 1. The highest BCUT2D eigenvalue weighted by atomic mass is 16.5. The SMILES string of the molecule is CCn1nc(C)cc1C(=O)Nc1nc2cc(C(=O)O)cc(OC)c2n1C/C=C/Cn1c(NC(=O)c2cc(C)nn2CC)nc2cc(C(N)=O)cc(OCC#CCN3CCOCC3)c21. The zero-order chi connectivity index (χ0) is 44.8. The molecule has 0 bridgehead atoms. The highest BCUT2D eigenvalue weighted by Gasteiger charge is 2.24. The van der Waals surface area contributed by atoms with E-state index in [1.54, 1.807) is 44.5 Å². The lowest BCUT2D eigenvalue weighted by atomic mass is 10.1. The van der Waals surface area contributed by atoms with Gasteiger partial charge in [-0.2, -0.15) is 10.2 Å². The molecule has 5 N–H and O–H groups in total. The zero-order valence-corrected chi connectivity index (χ0v) is 35.6. The summed E-state index contributed by atoms with van der Waals surface area (Å²) in [5.41, 5.74) is 9.34. The van der Waals surface area contributed by atoms with Crippen molar-refractivity contribution in [3.05, 3.63) is 82.5 Å². The molecule has 7 rings (SSSR count). The quantitative estimate of drug-likeness (QED) is 0.0803. The fourth-order valence-electron chi connectivity index (χ4n) is 7.26. The number of aryl methyl sites for hydroxylation is 4. The average Bonchev–Trinajstić information content (AvgIpc) is 4.04. The van der Waals surface area contributed by atoms with E-state index in [2.05, 4.69) is 42.6 Å². The van der Waals surface area contributed by atoms with Crippen molar-refractivity contribution >= 4 is 57.7 Å². The third kappa shape index (κ3) is 9.54. The number of hydrogen-bond acceptors (Lipinski definition) is 12. The van der Waals surface area contributed by atoms with Crippen LogP contribution in [-0.2, 0) is 30.9 Å². The van der Waals surface area contributed by atoms with Gasteiger partial charge in [-0.1, -0.05) is 24.0 Å². The molecule has 0 spiro atoms. The summed E-state index contributed by atoms with van der Waals surface area (Å²) >= 11 is 0. The highest BCUT2D eigenvalue weighted by Crippen LogP contribution is 2.33. The van der Waals surface area contributed by atoms with Crippen molar-refractivity contribution in [1.29, 1.82) is 0 Å². The number of morpholine rings is 1. The van der Waals surface area contributed by atoms with Crippen LogP contribution in [0, 0.1) is 25.7 Å². The first-order valence-corrected chi connectivity index (χ1v) is 20.3. The molecule has 6 aromatic rings. The molecule has 4 aromatic heterocycles. The van der Waals surface area contributed by atoms with Crippen LogP contribution in [0.5, 0.6) is 11.5 Å². The lowest BCUT2D eigenvalue weighted by molar-refractivity contribution is 0.0443. The first-order valence-electron chi connectivity index (χ1n) is 20.3. The Kier molecular flexibility index (Phi) is 13.2. The van der Waals surface area contributed by atoms with E-state index in [1.165, 1.54) is 31.4 Å². The zero-order valence-electron chi connectivity index (χ0n) is 35.6. The number of primary amides is 1. The molecule has 20 heteroatoms. The number of fused-ring (bicyclic) bond motifs is 2. The fraction of sp³-hybridized carbons (Fsp3) is 0.349. The molecule has 1 fully saturated rings. The number of carbonyl (C=O) groups excluding carboxylic acids is 3. The number of nitrogens with two attached hydrogens (primary N) is 1. The number of nitrogens with zero attached hydrogens (tertiary/aromatic N) is 9. The summed E-state index contributed by atoms with van der Waals surface area (Å²) in [6.45, 7) is 11.9. The van der Waals surface area contributed by atoms with Gasteiger partial charge >= 0.3 is 5.97 Å². The predicted octanol–water partition coefficient (Wildman–Crippen LogP) is 3.72. The average molecular weight is 861 g/mol. The summed E-state index contributed by atoms with van der Waals surface area (Å²) in [4.78, 5) is 63.6. The van der Waals surface area contributed by atoms with Gasteiger partial charge in [0.1, 0.15) is 40.5 Å². The van der Waals surface area contributed by atoms with Gasteiger partial charge < -0.3 is 34.2 Å². The van der Waals surface area contributed by atoms with Crippen LogP contribution in [0.1, 0.15) is 66.9 Å². The summed E-state index contributed by atoms with van der Waals surface area (Å²) in [5.74, 6) is 4.17. The van der Waals surface area contributed by atoms with Crippen molar-refractivity contribution in [3.63, 3.8) is 0 Å². The number of ether oxygens (including phenoxy) is 3. The van der Waals surface area contributed by atoms with E-state index in [0.29, 0.717) is 72.2 Å². The molecule has 63 heavy (non-hydrogen) atoms. The number of amides is 3. The minimum atomic E-state index is -1.17. The Morgan fingerprint density at radius 1 is 0.794 bits per heavy atom. The van der Waals surface area contributed by atoms with E-state index in [4.69, 9.17) is 24.9 Å². The molecular weight excluding hydrogens is 813 g/mol. The van der Waals surface area contributed by atoms with Crippen LogP contribution in [0.3, 0.4) is 0 Å². The summed E-state index contributed by atoms with van der Waals surface area (Å²) < 4.78 is 23.9. The smallest absolute Gasteiger partial charge is 0.335 e. The van der Waals surface area contributed by atoms with Crippen LogP contribution in [0.4, 0.5) is 11.9 Å². The predicted molar refractivity (Wildman–Crippen MR) is 232 cm³/mol. The fourth-order valence-corrected chi connectivity index (χ4v) is 7.26. The Balaban J connectivity index is 1.26. The largest absolute Gasteiger partial charge is 0.494 e. The maximum absolute atomic E-state index is 13.8. The Bertz CT molecular complexity index is 2810. The molecule has 5 heterocycles. The molecular formula is C43H48N12O8. The van der Waals surface area contributed by atoms with Crippen molar-refractivity contribution in [2.45, 2.75) is 53.9 Å². The van der Waals surface area contributed by atoms with Gasteiger partial charge in [0.25, 0.3) is 11.8 Å². The number of rotatable bonds is 16. The number of imidazole rings is 2. The number of benzene rings is 2. The van der Waals surface area contributed by atoms with Gasteiger partial charge in [0.2, 0.25) is 17.8 Å². The normalized spacial score (nSPS) is 13.0. The molecule has 328 valence electrons. The second kappa shape index (κ2) is 19.0. The number of hydrogen-bond donors (Lipinski definition) is 4. The number of allylic oxidation sites excluding steroid dienone is 2. The number of carboxylic acid groups (broad SMARTS) is 1. The minimum absolute atomic E-state index is 0.00837. The molecule has 0 radical (unpaired) electrons. The number of aromatic carboxylic acids is 1. The second-order valence-electron chi connectivity index (χ2n) is 14.5. The second-order valence-corrected chi connectivity index (χ2v) is 14.5. The van der Waals surface area contributed by atoms with Crippen LogP contribution in [0.25, 0.3) is 22.1 Å². The van der Waals surface area contributed by atoms with Gasteiger partial charge in [0, 0.05) is 44.8 Å². The Hall–Kier alpha value is -7.50. The molecule has 1 aliphatic rings. The van der Waals surface area contributed by atoms with Crippen molar-refractivity contribution in [3.8, 4) is 23.3 Å². The van der Waals surface area contributed by atoms with Crippen LogP contribution >= 0.6 is 0 Å². The maximum atomic E-state index is 13.8. The highest BCUT2D eigenvalue weighted by molar-refractivity contribution is 6.05. The Morgan fingerprint density at radius 2 is 1.32 bits per heavy atom. The van der Waals surface area contributed by atoms with Crippen LogP contribution in [0.2, 0.25) is 0 Å². The van der Waals surface area contributed by atoms with E-state index >= 15 is 0 Å². The summed E-state index contributed by atoms with van der Waals surface area (Å²) in [7, 11) is 1.42. The van der Waals surface area contributed by atoms with Crippen molar-refractivity contribution in [2.24, 2.45) is 5.73 Å². The first-order chi connectivity index (χ1) is 30.4. The Morgan fingerprint density at radius 3 is 1.83 bits per heavy atom. The lowest BCUT2D eigenvalue weighted by Crippen LogP contribution is -2.36. The van der Waals surface area contributed by atoms with Gasteiger partial charge in [-0.05, 0) is 64.1 Å². The van der Waals surface area contributed by atoms with E-state index in [9.17, 15) is 24.3 Å². The van der Waals surface area contributed by atoms with Crippen molar-refractivity contribution in [2.75, 3.05) is 57.2 Å². The molecule has 0 atom stereocenters. The molecule has 0 unspecified atom stereocenters. The molecule has 3 amide bonds. The van der Waals surface area contributed by atoms with E-state index in [0.717, 1.165) is 13.1 Å². The molecule has 20 nitrogen and oxygen atoms in total. The summed E-state index contributed by atoms with van der Waals surface area (Å²) in [6, 6.07) is 9.19. The number of carboxylic acids is 1. The van der Waals surface area contributed by atoms with Gasteiger partial charge in [0.05, 0.1) is 54.9 Å².